The molecule has 20 heavy (non-hydrogen) atoms. The van der Waals surface area contributed by atoms with E-state index in [-0.39, 0.29) is 0 Å². The SMILES string of the molecule is CC1CCc2ccccc2N1c1ccc(CBr)c(Br)c1. The summed E-state index contributed by atoms with van der Waals surface area (Å²) in [4.78, 5) is 2.46. The summed E-state index contributed by atoms with van der Waals surface area (Å²) in [5.74, 6) is 0. The lowest BCUT2D eigenvalue weighted by molar-refractivity contribution is 0.618. The van der Waals surface area contributed by atoms with Gasteiger partial charge in [-0.25, -0.2) is 0 Å². The molecule has 2 aromatic carbocycles. The van der Waals surface area contributed by atoms with Crippen LogP contribution in [-0.2, 0) is 11.8 Å². The van der Waals surface area contributed by atoms with Gasteiger partial charge in [0.1, 0.15) is 0 Å². The minimum atomic E-state index is 0.534. The number of halogens is 2. The predicted molar refractivity (Wildman–Crippen MR) is 93.1 cm³/mol. The van der Waals surface area contributed by atoms with Crippen LogP contribution in [-0.4, -0.2) is 6.04 Å². The molecule has 104 valence electrons. The van der Waals surface area contributed by atoms with Gasteiger partial charge in [0.2, 0.25) is 0 Å². The standard InChI is InChI=1S/C17H17Br2N/c1-12-6-7-13-4-2-3-5-17(13)20(12)15-9-8-14(11-18)16(19)10-15/h2-5,8-10,12H,6-7,11H2,1H3. The largest absolute Gasteiger partial charge is 0.338 e. The van der Waals surface area contributed by atoms with E-state index in [1.54, 1.807) is 0 Å². The Hall–Kier alpha value is -0.800. The summed E-state index contributed by atoms with van der Waals surface area (Å²) >= 11 is 7.20. The lowest BCUT2D eigenvalue weighted by atomic mass is 9.96. The van der Waals surface area contributed by atoms with Gasteiger partial charge < -0.3 is 4.90 Å². The molecule has 1 atom stereocenters. The molecule has 1 aliphatic rings. The van der Waals surface area contributed by atoms with Gasteiger partial charge in [-0.1, -0.05) is 56.1 Å². The first kappa shape index (κ1) is 14.2. The van der Waals surface area contributed by atoms with E-state index in [4.69, 9.17) is 0 Å². The van der Waals surface area contributed by atoms with E-state index in [0.717, 1.165) is 5.33 Å². The molecule has 0 fully saturated rings. The Kier molecular flexibility index (Phi) is 4.18. The van der Waals surface area contributed by atoms with Crippen LogP contribution in [0.3, 0.4) is 0 Å². The van der Waals surface area contributed by atoms with Gasteiger partial charge in [0.15, 0.2) is 0 Å². The number of anilines is 2. The van der Waals surface area contributed by atoms with Crippen LogP contribution >= 0.6 is 31.9 Å². The van der Waals surface area contributed by atoms with Gasteiger partial charge in [-0.3, -0.25) is 0 Å². The van der Waals surface area contributed by atoms with Crippen molar-refractivity contribution < 1.29 is 0 Å². The number of hydrogen-bond donors (Lipinski definition) is 0. The molecule has 0 aromatic heterocycles. The molecule has 0 aliphatic carbocycles. The fraction of sp³-hybridized carbons (Fsp3) is 0.294. The maximum absolute atomic E-state index is 3.68. The van der Waals surface area contributed by atoms with Crippen LogP contribution in [0.1, 0.15) is 24.5 Å². The second-order valence-electron chi connectivity index (χ2n) is 5.30. The van der Waals surface area contributed by atoms with Crippen molar-refractivity contribution in [1.29, 1.82) is 0 Å². The molecule has 1 heterocycles. The van der Waals surface area contributed by atoms with E-state index < -0.39 is 0 Å². The van der Waals surface area contributed by atoms with E-state index in [2.05, 4.69) is 86.1 Å². The van der Waals surface area contributed by atoms with Crippen molar-refractivity contribution >= 4 is 43.2 Å². The zero-order chi connectivity index (χ0) is 14.1. The molecule has 0 N–H and O–H groups in total. The van der Waals surface area contributed by atoms with E-state index >= 15 is 0 Å². The van der Waals surface area contributed by atoms with Crippen molar-refractivity contribution in [3.05, 3.63) is 58.1 Å². The number of hydrogen-bond acceptors (Lipinski definition) is 1. The molecular weight excluding hydrogens is 378 g/mol. The third-order valence-corrected chi connectivity index (χ3v) is 5.32. The Bertz CT molecular complexity index is 624. The number of rotatable bonds is 2. The Morgan fingerprint density at radius 1 is 1.20 bits per heavy atom. The number of aryl methyl sites for hydroxylation is 1. The fourth-order valence-electron chi connectivity index (χ4n) is 2.88. The highest BCUT2D eigenvalue weighted by Crippen LogP contribution is 2.38. The van der Waals surface area contributed by atoms with Crippen molar-refractivity contribution in [1.82, 2.24) is 0 Å². The first-order valence-electron chi connectivity index (χ1n) is 6.92. The Labute approximate surface area is 137 Å². The zero-order valence-electron chi connectivity index (χ0n) is 11.4. The highest BCUT2D eigenvalue weighted by molar-refractivity contribution is 9.10. The second kappa shape index (κ2) is 5.90. The molecule has 2 aromatic rings. The molecule has 1 aliphatic heterocycles. The molecule has 0 bridgehead atoms. The van der Waals surface area contributed by atoms with Gasteiger partial charge in [0.05, 0.1) is 0 Å². The zero-order valence-corrected chi connectivity index (χ0v) is 14.6. The molecule has 3 heteroatoms. The van der Waals surface area contributed by atoms with Crippen LogP contribution in [0.4, 0.5) is 11.4 Å². The normalized spacial score (nSPS) is 17.9. The average Bonchev–Trinajstić information content (AvgIpc) is 2.47. The molecule has 0 saturated heterocycles. The topological polar surface area (TPSA) is 3.24 Å². The van der Waals surface area contributed by atoms with Gasteiger partial charge in [-0.2, -0.15) is 0 Å². The Morgan fingerprint density at radius 3 is 2.75 bits per heavy atom. The average molecular weight is 395 g/mol. The summed E-state index contributed by atoms with van der Waals surface area (Å²) in [6, 6.07) is 15.9. The highest BCUT2D eigenvalue weighted by Gasteiger charge is 2.24. The van der Waals surface area contributed by atoms with Crippen molar-refractivity contribution in [2.45, 2.75) is 31.1 Å². The number of alkyl halides is 1. The maximum Gasteiger partial charge on any atom is 0.0445 e. The molecule has 0 radical (unpaired) electrons. The lowest BCUT2D eigenvalue weighted by Gasteiger charge is -2.37. The fourth-order valence-corrected chi connectivity index (χ4v) is 4.25. The third-order valence-electron chi connectivity index (χ3n) is 3.98. The van der Waals surface area contributed by atoms with Crippen LogP contribution in [0.5, 0.6) is 0 Å². The Balaban J connectivity index is 2.07. The summed E-state index contributed by atoms with van der Waals surface area (Å²) in [5.41, 5.74) is 5.35. The van der Waals surface area contributed by atoms with Gasteiger partial charge >= 0.3 is 0 Å². The summed E-state index contributed by atoms with van der Waals surface area (Å²) in [5, 5.41) is 0.875. The summed E-state index contributed by atoms with van der Waals surface area (Å²) in [6.07, 6.45) is 2.38. The van der Waals surface area contributed by atoms with Gasteiger partial charge in [0.25, 0.3) is 0 Å². The number of benzene rings is 2. The molecule has 3 rings (SSSR count). The minimum Gasteiger partial charge on any atom is -0.338 e. The quantitative estimate of drug-likeness (QED) is 0.580. The predicted octanol–water partition coefficient (Wildman–Crippen LogP) is 5.82. The van der Waals surface area contributed by atoms with E-state index in [9.17, 15) is 0 Å². The van der Waals surface area contributed by atoms with Crippen LogP contribution < -0.4 is 4.90 Å². The smallest absolute Gasteiger partial charge is 0.0445 e. The molecular formula is C17H17Br2N. The van der Waals surface area contributed by atoms with Crippen LogP contribution in [0.15, 0.2) is 46.9 Å². The van der Waals surface area contributed by atoms with Gasteiger partial charge in [-0.05, 0) is 49.1 Å². The molecule has 1 nitrogen and oxygen atoms in total. The maximum atomic E-state index is 3.68. The minimum absolute atomic E-state index is 0.534. The highest BCUT2D eigenvalue weighted by atomic mass is 79.9. The molecule has 1 unspecified atom stereocenters. The van der Waals surface area contributed by atoms with Crippen molar-refractivity contribution in [3.63, 3.8) is 0 Å². The van der Waals surface area contributed by atoms with Gasteiger partial charge in [0, 0.05) is 27.2 Å². The summed E-state index contributed by atoms with van der Waals surface area (Å²) < 4.78 is 1.17. The molecule has 0 spiro atoms. The van der Waals surface area contributed by atoms with Crippen LogP contribution in [0.25, 0.3) is 0 Å². The third kappa shape index (κ3) is 2.53. The molecule has 0 amide bonds. The van der Waals surface area contributed by atoms with E-state index in [1.807, 2.05) is 0 Å². The van der Waals surface area contributed by atoms with Crippen LogP contribution in [0, 0.1) is 0 Å². The first-order valence-corrected chi connectivity index (χ1v) is 8.83. The number of para-hydroxylation sites is 1. The molecule has 0 saturated carbocycles. The van der Waals surface area contributed by atoms with E-state index in [0.29, 0.717) is 6.04 Å². The second-order valence-corrected chi connectivity index (χ2v) is 6.71. The summed E-state index contributed by atoms with van der Waals surface area (Å²) in [6.45, 7) is 2.31. The van der Waals surface area contributed by atoms with E-state index in [1.165, 1.54) is 39.8 Å². The number of fused-ring (bicyclic) bond motifs is 1. The summed E-state index contributed by atoms with van der Waals surface area (Å²) in [7, 11) is 0. The number of nitrogens with zero attached hydrogens (tertiary/aromatic N) is 1. The monoisotopic (exact) mass is 393 g/mol. The van der Waals surface area contributed by atoms with Crippen molar-refractivity contribution in [2.24, 2.45) is 0 Å². The van der Waals surface area contributed by atoms with Crippen LogP contribution in [0.2, 0.25) is 0 Å². The van der Waals surface area contributed by atoms with Crippen molar-refractivity contribution in [3.8, 4) is 0 Å². The lowest BCUT2D eigenvalue weighted by Crippen LogP contribution is -2.33. The first-order chi connectivity index (χ1) is 9.70. The van der Waals surface area contributed by atoms with Gasteiger partial charge in [-0.15, -0.1) is 0 Å². The Morgan fingerprint density at radius 2 is 2.00 bits per heavy atom. The van der Waals surface area contributed by atoms with Crippen molar-refractivity contribution in [2.75, 3.05) is 4.90 Å².